The molecule has 1 aliphatic rings. The highest BCUT2D eigenvalue weighted by molar-refractivity contribution is 5.75. The number of nitrogens with two attached hydrogens (primary N) is 1. The Hall–Kier alpha value is -0.610. The summed E-state index contributed by atoms with van der Waals surface area (Å²) < 4.78 is 0. The van der Waals surface area contributed by atoms with Gasteiger partial charge in [-0.1, -0.05) is 12.8 Å². The van der Waals surface area contributed by atoms with Crippen LogP contribution < -0.4 is 11.1 Å². The molecule has 0 bridgehead atoms. The number of hydrogen-bond acceptors (Lipinski definition) is 3. The molecule has 0 aromatic carbocycles. The van der Waals surface area contributed by atoms with Crippen molar-refractivity contribution in [3.05, 3.63) is 0 Å². The van der Waals surface area contributed by atoms with E-state index in [1.54, 1.807) is 0 Å². The minimum absolute atomic E-state index is 0.205. The number of primary amides is 1. The molecule has 1 rings (SSSR count). The second-order valence-electron chi connectivity index (χ2n) is 3.68. The summed E-state index contributed by atoms with van der Waals surface area (Å²) in [5.74, 6) is -0.0321. The minimum atomic E-state index is -0.331. The molecule has 2 unspecified atom stereocenters. The van der Waals surface area contributed by atoms with Crippen molar-refractivity contribution in [3.8, 4) is 0 Å². The van der Waals surface area contributed by atoms with E-state index in [0.29, 0.717) is 5.92 Å². The summed E-state index contributed by atoms with van der Waals surface area (Å²) in [6.45, 7) is 0.428. The Morgan fingerprint density at radius 3 is 2.77 bits per heavy atom. The topological polar surface area (TPSA) is 75.4 Å². The fourth-order valence-corrected chi connectivity index (χ4v) is 1.93. The van der Waals surface area contributed by atoms with Gasteiger partial charge in [0.25, 0.3) is 0 Å². The van der Waals surface area contributed by atoms with Gasteiger partial charge in [-0.05, 0) is 18.8 Å². The molecule has 1 aliphatic carbocycles. The van der Waals surface area contributed by atoms with Gasteiger partial charge in [0, 0.05) is 12.6 Å². The van der Waals surface area contributed by atoms with Crippen LogP contribution in [0.3, 0.4) is 0 Å². The molecule has 0 radical (unpaired) electrons. The third kappa shape index (κ3) is 3.32. The Bertz CT molecular complexity index is 173. The summed E-state index contributed by atoms with van der Waals surface area (Å²) >= 11 is 0. The first kappa shape index (κ1) is 10.5. The van der Waals surface area contributed by atoms with E-state index in [2.05, 4.69) is 5.32 Å². The van der Waals surface area contributed by atoms with Crippen molar-refractivity contribution in [2.45, 2.75) is 31.7 Å². The Morgan fingerprint density at radius 2 is 2.15 bits per heavy atom. The van der Waals surface area contributed by atoms with Crippen LogP contribution in [0.15, 0.2) is 0 Å². The predicted octanol–water partition coefficient (Wildman–Crippen LogP) is -0.388. The van der Waals surface area contributed by atoms with E-state index in [0.717, 1.165) is 12.8 Å². The first-order chi connectivity index (χ1) is 6.24. The monoisotopic (exact) mass is 186 g/mol. The van der Waals surface area contributed by atoms with Crippen LogP contribution in [0, 0.1) is 5.92 Å². The molecule has 0 spiro atoms. The normalized spacial score (nSPS) is 28.7. The van der Waals surface area contributed by atoms with Gasteiger partial charge in [0.1, 0.15) is 0 Å². The van der Waals surface area contributed by atoms with Crippen LogP contribution in [0.25, 0.3) is 0 Å². The maximum atomic E-state index is 10.5. The summed E-state index contributed by atoms with van der Waals surface area (Å²) in [6.07, 6.45) is 4.44. The Morgan fingerprint density at radius 1 is 1.46 bits per heavy atom. The summed E-state index contributed by atoms with van der Waals surface area (Å²) in [6, 6.07) is 0.270. The zero-order chi connectivity index (χ0) is 9.68. The molecule has 4 nitrogen and oxygen atoms in total. The third-order valence-corrected chi connectivity index (χ3v) is 2.68. The summed E-state index contributed by atoms with van der Waals surface area (Å²) in [7, 11) is 0. The fraction of sp³-hybridized carbons (Fsp3) is 0.889. The molecule has 2 atom stereocenters. The molecule has 4 heteroatoms. The van der Waals surface area contributed by atoms with Gasteiger partial charge in [-0.3, -0.25) is 4.79 Å². The van der Waals surface area contributed by atoms with Gasteiger partial charge in [-0.25, -0.2) is 0 Å². The van der Waals surface area contributed by atoms with Gasteiger partial charge in [0.2, 0.25) is 5.91 Å². The maximum Gasteiger partial charge on any atom is 0.231 e. The first-order valence-corrected chi connectivity index (χ1v) is 4.86. The summed E-state index contributed by atoms with van der Waals surface area (Å²) in [5.41, 5.74) is 5.03. The zero-order valence-corrected chi connectivity index (χ0v) is 7.83. The van der Waals surface area contributed by atoms with E-state index >= 15 is 0 Å². The molecule has 0 aromatic heterocycles. The standard InChI is InChI=1S/C9H18N2O2/c10-9(13)5-11-8-4-2-1-3-7(8)6-12/h7-8,11-12H,1-6H2,(H2,10,13). The lowest BCUT2D eigenvalue weighted by Crippen LogP contribution is -2.43. The number of carbonyl (C=O) groups is 1. The van der Waals surface area contributed by atoms with Gasteiger partial charge in [-0.2, -0.15) is 0 Å². The van der Waals surface area contributed by atoms with Crippen molar-refractivity contribution >= 4 is 5.91 Å². The number of amides is 1. The molecule has 1 fully saturated rings. The van der Waals surface area contributed by atoms with E-state index in [4.69, 9.17) is 10.8 Å². The lowest BCUT2D eigenvalue weighted by Gasteiger charge is -2.30. The van der Waals surface area contributed by atoms with E-state index < -0.39 is 0 Å². The Labute approximate surface area is 78.5 Å². The number of nitrogens with one attached hydrogen (secondary N) is 1. The molecule has 13 heavy (non-hydrogen) atoms. The van der Waals surface area contributed by atoms with Crippen molar-refractivity contribution in [2.24, 2.45) is 11.7 Å². The second kappa shape index (κ2) is 5.19. The van der Waals surface area contributed by atoms with Crippen LogP contribution in [0.5, 0.6) is 0 Å². The number of carbonyl (C=O) groups excluding carboxylic acids is 1. The van der Waals surface area contributed by atoms with Crippen molar-refractivity contribution < 1.29 is 9.90 Å². The van der Waals surface area contributed by atoms with E-state index in [1.807, 2.05) is 0 Å². The Kier molecular flexibility index (Phi) is 4.18. The molecule has 1 amide bonds. The van der Waals surface area contributed by atoms with Gasteiger partial charge < -0.3 is 16.2 Å². The van der Waals surface area contributed by atoms with Gasteiger partial charge in [-0.15, -0.1) is 0 Å². The molecule has 0 saturated heterocycles. The largest absolute Gasteiger partial charge is 0.396 e. The number of aliphatic hydroxyl groups is 1. The highest BCUT2D eigenvalue weighted by Gasteiger charge is 2.23. The molecule has 1 saturated carbocycles. The number of aliphatic hydroxyl groups excluding tert-OH is 1. The molecule has 4 N–H and O–H groups in total. The van der Waals surface area contributed by atoms with E-state index in [1.165, 1.54) is 12.8 Å². The Balaban J connectivity index is 2.31. The van der Waals surface area contributed by atoms with Crippen LogP contribution in [-0.4, -0.2) is 30.2 Å². The van der Waals surface area contributed by atoms with Gasteiger partial charge >= 0.3 is 0 Å². The molecule has 0 aromatic rings. The SMILES string of the molecule is NC(=O)CNC1CCCCC1CO. The molecule has 0 aliphatic heterocycles. The summed E-state index contributed by atoms with van der Waals surface area (Å²) in [5, 5.41) is 12.2. The lowest BCUT2D eigenvalue weighted by molar-refractivity contribution is -0.117. The van der Waals surface area contributed by atoms with Crippen LogP contribution in [0.2, 0.25) is 0 Å². The van der Waals surface area contributed by atoms with Crippen molar-refractivity contribution in [1.29, 1.82) is 0 Å². The average molecular weight is 186 g/mol. The molecular formula is C9H18N2O2. The quantitative estimate of drug-likeness (QED) is 0.560. The fourth-order valence-electron chi connectivity index (χ4n) is 1.93. The van der Waals surface area contributed by atoms with Crippen LogP contribution >= 0.6 is 0 Å². The molecule has 0 heterocycles. The predicted molar refractivity (Wildman–Crippen MR) is 50.0 cm³/mol. The van der Waals surface area contributed by atoms with Crippen molar-refractivity contribution in [3.63, 3.8) is 0 Å². The van der Waals surface area contributed by atoms with Crippen molar-refractivity contribution in [1.82, 2.24) is 5.32 Å². The third-order valence-electron chi connectivity index (χ3n) is 2.68. The highest BCUT2D eigenvalue weighted by Crippen LogP contribution is 2.23. The van der Waals surface area contributed by atoms with Gasteiger partial charge in [0.15, 0.2) is 0 Å². The molecule has 76 valence electrons. The van der Waals surface area contributed by atoms with Gasteiger partial charge in [0.05, 0.1) is 6.54 Å². The zero-order valence-electron chi connectivity index (χ0n) is 7.83. The maximum absolute atomic E-state index is 10.5. The van der Waals surface area contributed by atoms with E-state index in [-0.39, 0.29) is 25.1 Å². The minimum Gasteiger partial charge on any atom is -0.396 e. The molecular weight excluding hydrogens is 168 g/mol. The van der Waals surface area contributed by atoms with E-state index in [9.17, 15) is 4.79 Å². The number of hydrogen-bond donors (Lipinski definition) is 3. The van der Waals surface area contributed by atoms with Crippen molar-refractivity contribution in [2.75, 3.05) is 13.2 Å². The first-order valence-electron chi connectivity index (χ1n) is 4.86. The smallest absolute Gasteiger partial charge is 0.231 e. The second-order valence-corrected chi connectivity index (χ2v) is 3.68. The van der Waals surface area contributed by atoms with Crippen LogP contribution in [0.4, 0.5) is 0 Å². The van der Waals surface area contributed by atoms with Crippen LogP contribution in [-0.2, 0) is 4.79 Å². The highest BCUT2D eigenvalue weighted by atomic mass is 16.3. The van der Waals surface area contributed by atoms with Crippen LogP contribution in [0.1, 0.15) is 25.7 Å². The number of rotatable bonds is 4. The average Bonchev–Trinajstić information content (AvgIpc) is 2.15. The lowest BCUT2D eigenvalue weighted by atomic mass is 9.85. The summed E-state index contributed by atoms with van der Waals surface area (Å²) in [4.78, 5) is 10.5.